The maximum atomic E-state index is 12.9. The summed E-state index contributed by atoms with van der Waals surface area (Å²) < 4.78 is 0.907. The summed E-state index contributed by atoms with van der Waals surface area (Å²) in [5.41, 5.74) is 9.83. The van der Waals surface area contributed by atoms with Gasteiger partial charge in [0.05, 0.1) is 21.0 Å². The van der Waals surface area contributed by atoms with E-state index in [1.807, 2.05) is 18.2 Å². The molecule has 0 amide bonds. The van der Waals surface area contributed by atoms with Gasteiger partial charge in [-0.25, -0.2) is 0 Å². The second-order valence-corrected chi connectivity index (χ2v) is 6.54. The number of hydrogen-bond acceptors (Lipinski definition) is 6. The van der Waals surface area contributed by atoms with E-state index in [2.05, 4.69) is 10.1 Å². The van der Waals surface area contributed by atoms with Crippen molar-refractivity contribution in [1.29, 1.82) is 0 Å². The summed E-state index contributed by atoms with van der Waals surface area (Å²) in [6.45, 7) is 0. The number of fused-ring (bicyclic) bond motifs is 2. The number of benzene rings is 1. The minimum Gasteiger partial charge on any atom is -0.411 e. The van der Waals surface area contributed by atoms with Crippen molar-refractivity contribution in [2.24, 2.45) is 5.16 Å². The molecule has 1 aliphatic carbocycles. The molecule has 0 saturated carbocycles. The largest absolute Gasteiger partial charge is 0.411 e. The van der Waals surface area contributed by atoms with E-state index in [0.29, 0.717) is 28.3 Å². The molecule has 4 rings (SSSR count). The van der Waals surface area contributed by atoms with E-state index in [-0.39, 0.29) is 5.78 Å². The van der Waals surface area contributed by atoms with Crippen LogP contribution in [0.2, 0.25) is 0 Å². The number of thiophene rings is 1. The van der Waals surface area contributed by atoms with Crippen molar-refractivity contribution >= 4 is 37.9 Å². The van der Waals surface area contributed by atoms with Crippen LogP contribution in [0.5, 0.6) is 0 Å². The molecule has 114 valence electrons. The molecule has 1 aromatic carbocycles. The molecule has 0 atom stereocenters. The van der Waals surface area contributed by atoms with E-state index in [9.17, 15) is 4.79 Å². The highest BCUT2D eigenvalue weighted by Gasteiger charge is 2.23. The molecule has 0 saturated heterocycles. The second kappa shape index (κ2) is 5.17. The summed E-state index contributed by atoms with van der Waals surface area (Å²) in [7, 11) is 0. The van der Waals surface area contributed by atoms with Crippen LogP contribution in [0.1, 0.15) is 33.5 Å². The lowest BCUT2D eigenvalue weighted by Crippen LogP contribution is -2.04. The lowest BCUT2D eigenvalue weighted by atomic mass is 9.98. The first-order chi connectivity index (χ1) is 11.2. The molecule has 2 heterocycles. The van der Waals surface area contributed by atoms with Gasteiger partial charge in [-0.15, -0.1) is 11.3 Å². The summed E-state index contributed by atoms with van der Waals surface area (Å²) in [5.74, 6) is -0.0860. The van der Waals surface area contributed by atoms with Crippen LogP contribution in [0.15, 0.2) is 41.8 Å². The topological polar surface area (TPSA) is 88.6 Å². The molecule has 3 N–H and O–H groups in total. The number of ketones is 1. The van der Waals surface area contributed by atoms with Gasteiger partial charge in [0.1, 0.15) is 0 Å². The van der Waals surface area contributed by atoms with Crippen LogP contribution in [-0.4, -0.2) is 21.7 Å². The number of aromatic nitrogens is 1. The number of rotatable bonds is 2. The van der Waals surface area contributed by atoms with E-state index in [1.165, 1.54) is 11.3 Å². The Hall–Kier alpha value is -2.73. The van der Waals surface area contributed by atoms with Gasteiger partial charge in [0.25, 0.3) is 0 Å². The number of nitrogen functional groups attached to an aromatic ring is 1. The predicted octanol–water partition coefficient (Wildman–Crippen LogP) is 3.23. The first-order valence-corrected chi connectivity index (χ1v) is 8.01. The molecule has 23 heavy (non-hydrogen) atoms. The SMILES string of the molecule is Nc1sc2cnccc2c1C(=O)c1ccc2c(c1)CC/C2=N\O. The molecule has 6 heteroatoms. The monoisotopic (exact) mass is 323 g/mol. The smallest absolute Gasteiger partial charge is 0.196 e. The van der Waals surface area contributed by atoms with Gasteiger partial charge in [0.2, 0.25) is 0 Å². The third-order valence-electron chi connectivity index (χ3n) is 4.18. The summed E-state index contributed by atoms with van der Waals surface area (Å²) in [4.78, 5) is 17.0. The number of nitrogens with two attached hydrogens (primary N) is 1. The predicted molar refractivity (Wildman–Crippen MR) is 90.6 cm³/mol. The zero-order valence-corrected chi connectivity index (χ0v) is 12.9. The average molecular weight is 323 g/mol. The van der Waals surface area contributed by atoms with Gasteiger partial charge < -0.3 is 10.9 Å². The molecule has 0 bridgehead atoms. The number of carbonyl (C=O) groups is 1. The maximum absolute atomic E-state index is 12.9. The van der Waals surface area contributed by atoms with Gasteiger partial charge in [0, 0.05) is 28.9 Å². The molecule has 0 radical (unpaired) electrons. The fourth-order valence-electron chi connectivity index (χ4n) is 3.06. The number of anilines is 1. The zero-order chi connectivity index (χ0) is 16.0. The minimum absolute atomic E-state index is 0.0860. The fourth-order valence-corrected chi connectivity index (χ4v) is 4.00. The van der Waals surface area contributed by atoms with E-state index in [1.54, 1.807) is 18.5 Å². The minimum atomic E-state index is -0.0860. The molecule has 1 aliphatic rings. The summed E-state index contributed by atoms with van der Waals surface area (Å²) >= 11 is 1.37. The lowest BCUT2D eigenvalue weighted by Gasteiger charge is -2.05. The van der Waals surface area contributed by atoms with Gasteiger partial charge in [-0.2, -0.15) is 0 Å². The molecule has 5 nitrogen and oxygen atoms in total. The highest BCUT2D eigenvalue weighted by molar-refractivity contribution is 7.23. The lowest BCUT2D eigenvalue weighted by molar-refractivity contribution is 0.104. The summed E-state index contributed by atoms with van der Waals surface area (Å²) in [6.07, 6.45) is 4.86. The molecule has 0 spiro atoms. The first kappa shape index (κ1) is 13.9. The van der Waals surface area contributed by atoms with E-state index >= 15 is 0 Å². The molecular formula is C17H13N3O2S. The molecule has 2 aromatic heterocycles. The normalized spacial score (nSPS) is 15.2. The van der Waals surface area contributed by atoms with Crippen molar-refractivity contribution < 1.29 is 10.0 Å². The number of aryl methyl sites for hydroxylation is 1. The average Bonchev–Trinajstić information content (AvgIpc) is 3.13. The maximum Gasteiger partial charge on any atom is 0.196 e. The van der Waals surface area contributed by atoms with Crippen molar-refractivity contribution in [1.82, 2.24) is 4.98 Å². The highest BCUT2D eigenvalue weighted by atomic mass is 32.1. The number of pyridine rings is 1. The Morgan fingerprint density at radius 3 is 3.00 bits per heavy atom. The summed E-state index contributed by atoms with van der Waals surface area (Å²) in [5, 5.41) is 13.7. The van der Waals surface area contributed by atoms with Crippen molar-refractivity contribution in [2.45, 2.75) is 12.8 Å². The van der Waals surface area contributed by atoms with Crippen LogP contribution in [-0.2, 0) is 6.42 Å². The van der Waals surface area contributed by atoms with Gasteiger partial charge in [0.15, 0.2) is 5.78 Å². The Labute approximate surface area is 136 Å². The van der Waals surface area contributed by atoms with Gasteiger partial charge in [-0.1, -0.05) is 17.3 Å². The van der Waals surface area contributed by atoms with Gasteiger partial charge in [-0.05, 0) is 30.5 Å². The van der Waals surface area contributed by atoms with Crippen LogP contribution in [0, 0.1) is 0 Å². The second-order valence-electron chi connectivity index (χ2n) is 5.46. The third-order valence-corrected chi connectivity index (χ3v) is 5.15. The van der Waals surface area contributed by atoms with E-state index in [4.69, 9.17) is 10.9 Å². The van der Waals surface area contributed by atoms with Gasteiger partial charge >= 0.3 is 0 Å². The Bertz CT molecular complexity index is 975. The number of hydrogen-bond donors (Lipinski definition) is 2. The van der Waals surface area contributed by atoms with Crippen LogP contribution in [0.4, 0.5) is 5.00 Å². The molecule has 0 unspecified atom stereocenters. The first-order valence-electron chi connectivity index (χ1n) is 7.20. The van der Waals surface area contributed by atoms with Crippen molar-refractivity contribution in [2.75, 3.05) is 5.73 Å². The van der Waals surface area contributed by atoms with Crippen LogP contribution < -0.4 is 5.73 Å². The van der Waals surface area contributed by atoms with E-state index in [0.717, 1.165) is 27.6 Å². The Balaban J connectivity index is 1.82. The van der Waals surface area contributed by atoms with Crippen LogP contribution in [0.3, 0.4) is 0 Å². The molecule has 0 fully saturated rings. The highest BCUT2D eigenvalue weighted by Crippen LogP contribution is 2.35. The van der Waals surface area contributed by atoms with Crippen molar-refractivity contribution in [3.8, 4) is 0 Å². The van der Waals surface area contributed by atoms with Crippen molar-refractivity contribution in [3.63, 3.8) is 0 Å². The fraction of sp³-hybridized carbons (Fsp3) is 0.118. The van der Waals surface area contributed by atoms with Crippen molar-refractivity contribution in [3.05, 3.63) is 58.9 Å². The molecular weight excluding hydrogens is 310 g/mol. The van der Waals surface area contributed by atoms with Gasteiger partial charge in [-0.3, -0.25) is 9.78 Å². The molecule has 3 aromatic rings. The standard InChI is InChI=1S/C17H13N3O2S/c18-17-15(12-5-6-19-8-14(12)23-17)16(21)10-1-3-11-9(7-10)2-4-13(11)20-22/h1,3,5-8,22H,2,4,18H2/b20-13+. The number of carbonyl (C=O) groups excluding carboxylic acids is 1. The number of nitrogens with zero attached hydrogens (tertiary/aromatic N) is 2. The molecule has 0 aliphatic heterocycles. The third kappa shape index (κ3) is 2.10. The zero-order valence-electron chi connectivity index (χ0n) is 12.1. The van der Waals surface area contributed by atoms with E-state index < -0.39 is 0 Å². The summed E-state index contributed by atoms with van der Waals surface area (Å²) in [6, 6.07) is 7.30. The van der Waals surface area contributed by atoms with Crippen LogP contribution >= 0.6 is 11.3 Å². The quantitative estimate of drug-likeness (QED) is 0.430. The Kier molecular flexibility index (Phi) is 3.12. The number of oxime groups is 1. The Morgan fingerprint density at radius 2 is 2.17 bits per heavy atom. The van der Waals surface area contributed by atoms with Crippen LogP contribution in [0.25, 0.3) is 10.1 Å². The Morgan fingerprint density at radius 1 is 1.30 bits per heavy atom.